The Morgan fingerprint density at radius 1 is 1.32 bits per heavy atom. The van der Waals surface area contributed by atoms with Gasteiger partial charge in [-0.2, -0.15) is 0 Å². The molecular formula is C14H24N4S. The van der Waals surface area contributed by atoms with Crippen LogP contribution < -0.4 is 11.1 Å². The van der Waals surface area contributed by atoms with Crippen LogP contribution in [0.1, 0.15) is 45.4 Å². The topological polar surface area (TPSA) is 63.8 Å². The number of nitrogen functional groups attached to an aromatic ring is 1. The largest absolute Gasteiger partial charge is 0.383 e. The third-order valence-corrected chi connectivity index (χ3v) is 4.35. The van der Waals surface area contributed by atoms with E-state index in [0.29, 0.717) is 11.9 Å². The van der Waals surface area contributed by atoms with E-state index in [1.165, 1.54) is 50.3 Å². The summed E-state index contributed by atoms with van der Waals surface area (Å²) >= 11 is 1.52. The van der Waals surface area contributed by atoms with Gasteiger partial charge in [-0.05, 0) is 37.9 Å². The minimum absolute atomic E-state index is 0.539. The van der Waals surface area contributed by atoms with Crippen molar-refractivity contribution in [1.29, 1.82) is 0 Å². The van der Waals surface area contributed by atoms with Crippen molar-refractivity contribution in [3.8, 4) is 0 Å². The van der Waals surface area contributed by atoms with Gasteiger partial charge in [0, 0.05) is 12.1 Å². The number of hydrogen-bond donors (Lipinski definition) is 2. The molecule has 1 saturated carbocycles. The monoisotopic (exact) mass is 280 g/mol. The predicted octanol–water partition coefficient (Wildman–Crippen LogP) is 3.55. The summed E-state index contributed by atoms with van der Waals surface area (Å²) in [5, 5.41) is 4.25. The quantitative estimate of drug-likeness (QED) is 0.638. The molecule has 106 valence electrons. The Hall–Kier alpha value is -0.970. The molecule has 0 unspecified atom stereocenters. The highest BCUT2D eigenvalue weighted by atomic mass is 32.2. The lowest BCUT2D eigenvalue weighted by molar-refractivity contribution is 0.318. The molecule has 0 saturated heterocycles. The average molecular weight is 280 g/mol. The van der Waals surface area contributed by atoms with Crippen LogP contribution in [-0.4, -0.2) is 22.3 Å². The van der Waals surface area contributed by atoms with Gasteiger partial charge in [-0.3, -0.25) is 0 Å². The van der Waals surface area contributed by atoms with Crippen molar-refractivity contribution in [2.75, 3.05) is 17.3 Å². The van der Waals surface area contributed by atoms with Crippen molar-refractivity contribution < 1.29 is 0 Å². The highest BCUT2D eigenvalue weighted by Gasteiger charge is 2.20. The number of nitrogens with one attached hydrogen (secondary N) is 1. The van der Waals surface area contributed by atoms with Crippen LogP contribution in [0, 0.1) is 5.92 Å². The van der Waals surface area contributed by atoms with Gasteiger partial charge in [0.1, 0.15) is 11.6 Å². The van der Waals surface area contributed by atoms with Crippen molar-refractivity contribution in [2.45, 2.75) is 56.6 Å². The number of anilines is 2. The first-order valence-corrected chi connectivity index (χ1v) is 8.38. The Bertz CT molecular complexity index is 402. The molecule has 1 heterocycles. The summed E-state index contributed by atoms with van der Waals surface area (Å²) in [6.07, 6.45) is 9.80. The van der Waals surface area contributed by atoms with Crippen LogP contribution in [0.4, 0.5) is 11.6 Å². The zero-order chi connectivity index (χ0) is 13.7. The summed E-state index contributed by atoms with van der Waals surface area (Å²) in [4.78, 5) is 8.63. The SMILES string of the molecule is CCCC1CCC(Nc2cc(N)nc(SC)n2)CC1. The summed E-state index contributed by atoms with van der Waals surface area (Å²) in [5.41, 5.74) is 5.80. The molecule has 0 spiro atoms. The number of aromatic nitrogens is 2. The van der Waals surface area contributed by atoms with Gasteiger partial charge in [0.2, 0.25) is 0 Å². The van der Waals surface area contributed by atoms with Crippen LogP contribution in [0.2, 0.25) is 0 Å². The van der Waals surface area contributed by atoms with E-state index < -0.39 is 0 Å². The van der Waals surface area contributed by atoms with Crippen molar-refractivity contribution in [3.05, 3.63) is 6.07 Å². The van der Waals surface area contributed by atoms with Crippen LogP contribution in [0.3, 0.4) is 0 Å². The number of rotatable bonds is 5. The first-order valence-electron chi connectivity index (χ1n) is 7.16. The van der Waals surface area contributed by atoms with E-state index in [1.54, 1.807) is 0 Å². The van der Waals surface area contributed by atoms with Crippen molar-refractivity contribution in [1.82, 2.24) is 9.97 Å². The third-order valence-electron chi connectivity index (χ3n) is 3.80. The Morgan fingerprint density at radius 2 is 2.05 bits per heavy atom. The van der Waals surface area contributed by atoms with E-state index in [4.69, 9.17) is 5.73 Å². The number of nitrogens with two attached hydrogens (primary N) is 1. The lowest BCUT2D eigenvalue weighted by Crippen LogP contribution is -2.26. The molecule has 1 aromatic rings. The first kappa shape index (κ1) is 14.4. The summed E-state index contributed by atoms with van der Waals surface area (Å²) in [7, 11) is 0. The van der Waals surface area contributed by atoms with Gasteiger partial charge >= 0.3 is 0 Å². The molecule has 1 aliphatic carbocycles. The standard InChI is InChI=1S/C14H24N4S/c1-3-4-10-5-7-11(8-6-10)16-13-9-12(15)17-14(18-13)19-2/h9-11H,3-8H2,1-2H3,(H3,15,16,17,18). The van der Waals surface area contributed by atoms with Gasteiger partial charge in [-0.1, -0.05) is 31.5 Å². The molecule has 0 amide bonds. The first-order chi connectivity index (χ1) is 9.21. The van der Waals surface area contributed by atoms with E-state index in [-0.39, 0.29) is 0 Å². The highest BCUT2D eigenvalue weighted by Crippen LogP contribution is 2.29. The molecule has 1 fully saturated rings. The number of thioether (sulfide) groups is 1. The summed E-state index contributed by atoms with van der Waals surface area (Å²) in [5.74, 6) is 2.34. The molecule has 0 aliphatic heterocycles. The van der Waals surface area contributed by atoms with E-state index in [2.05, 4.69) is 22.2 Å². The Morgan fingerprint density at radius 3 is 2.68 bits per heavy atom. The van der Waals surface area contributed by atoms with Gasteiger partial charge in [-0.15, -0.1) is 0 Å². The lowest BCUT2D eigenvalue weighted by Gasteiger charge is -2.29. The zero-order valence-electron chi connectivity index (χ0n) is 11.9. The molecule has 0 bridgehead atoms. The average Bonchev–Trinajstić information content (AvgIpc) is 2.40. The summed E-state index contributed by atoms with van der Waals surface area (Å²) in [6, 6.07) is 2.37. The molecule has 1 aromatic heterocycles. The fourth-order valence-electron chi connectivity index (χ4n) is 2.82. The van der Waals surface area contributed by atoms with Crippen LogP contribution in [-0.2, 0) is 0 Å². The van der Waals surface area contributed by atoms with Gasteiger partial charge < -0.3 is 11.1 Å². The van der Waals surface area contributed by atoms with Gasteiger partial charge in [0.15, 0.2) is 5.16 Å². The fraction of sp³-hybridized carbons (Fsp3) is 0.714. The summed E-state index contributed by atoms with van der Waals surface area (Å²) < 4.78 is 0. The van der Waals surface area contributed by atoms with E-state index in [9.17, 15) is 0 Å². The van der Waals surface area contributed by atoms with Crippen LogP contribution in [0.25, 0.3) is 0 Å². The summed E-state index contributed by atoms with van der Waals surface area (Å²) in [6.45, 7) is 2.28. The van der Waals surface area contributed by atoms with Gasteiger partial charge in [0.25, 0.3) is 0 Å². The second-order valence-corrected chi connectivity index (χ2v) is 6.09. The van der Waals surface area contributed by atoms with Crippen LogP contribution in [0.15, 0.2) is 11.2 Å². The third kappa shape index (κ3) is 4.27. The highest BCUT2D eigenvalue weighted by molar-refractivity contribution is 7.98. The molecule has 0 aromatic carbocycles. The Labute approximate surface area is 120 Å². The molecule has 3 N–H and O–H groups in total. The number of nitrogens with zero attached hydrogens (tertiary/aromatic N) is 2. The minimum atomic E-state index is 0.539. The van der Waals surface area contributed by atoms with Gasteiger partial charge in [-0.25, -0.2) is 9.97 Å². The molecule has 1 aliphatic rings. The maximum absolute atomic E-state index is 5.80. The maximum Gasteiger partial charge on any atom is 0.191 e. The van der Waals surface area contributed by atoms with E-state index in [0.717, 1.165) is 16.9 Å². The second-order valence-electron chi connectivity index (χ2n) is 5.32. The molecular weight excluding hydrogens is 256 g/mol. The molecule has 4 nitrogen and oxygen atoms in total. The molecule has 0 radical (unpaired) electrons. The number of hydrogen-bond acceptors (Lipinski definition) is 5. The van der Waals surface area contributed by atoms with Crippen molar-refractivity contribution in [3.63, 3.8) is 0 Å². The Kier molecular flexibility index (Phi) is 5.31. The molecule has 0 atom stereocenters. The normalized spacial score (nSPS) is 23.3. The van der Waals surface area contributed by atoms with Crippen molar-refractivity contribution in [2.24, 2.45) is 5.92 Å². The lowest BCUT2D eigenvalue weighted by atomic mass is 9.83. The fourth-order valence-corrected chi connectivity index (χ4v) is 3.21. The second kappa shape index (κ2) is 6.98. The van der Waals surface area contributed by atoms with Crippen LogP contribution in [0.5, 0.6) is 0 Å². The van der Waals surface area contributed by atoms with E-state index in [1.807, 2.05) is 12.3 Å². The van der Waals surface area contributed by atoms with Crippen LogP contribution >= 0.6 is 11.8 Å². The van der Waals surface area contributed by atoms with Gasteiger partial charge in [0.05, 0.1) is 0 Å². The van der Waals surface area contributed by atoms with E-state index >= 15 is 0 Å². The smallest absolute Gasteiger partial charge is 0.191 e. The zero-order valence-corrected chi connectivity index (χ0v) is 12.7. The molecule has 19 heavy (non-hydrogen) atoms. The maximum atomic E-state index is 5.80. The molecule has 5 heteroatoms. The minimum Gasteiger partial charge on any atom is -0.383 e. The Balaban J connectivity index is 1.90. The predicted molar refractivity (Wildman–Crippen MR) is 82.5 cm³/mol. The van der Waals surface area contributed by atoms with Crippen molar-refractivity contribution >= 4 is 23.4 Å². The molecule has 2 rings (SSSR count).